The van der Waals surface area contributed by atoms with Crippen molar-refractivity contribution in [1.29, 1.82) is 5.26 Å². The number of aliphatic imine (C=N–C) groups is 1. The van der Waals surface area contributed by atoms with Gasteiger partial charge in [0.1, 0.15) is 11.6 Å². The molecule has 3 aromatic carbocycles. The van der Waals surface area contributed by atoms with Crippen LogP contribution in [0.2, 0.25) is 0 Å². The molecule has 2 unspecified atom stereocenters. The minimum Gasteiger partial charge on any atom is -0.494 e. The topological polar surface area (TPSA) is 91.7 Å². The maximum Gasteiger partial charge on any atom is 0.162 e. The van der Waals surface area contributed by atoms with E-state index in [9.17, 15) is 10.1 Å². The molecule has 1 aliphatic carbocycles. The average molecular weight is 487 g/mol. The van der Waals surface area contributed by atoms with Crippen molar-refractivity contribution in [3.8, 4) is 11.8 Å². The Kier molecular flexibility index (Phi) is 5.61. The van der Waals surface area contributed by atoms with Gasteiger partial charge in [-0.15, -0.1) is 0 Å². The summed E-state index contributed by atoms with van der Waals surface area (Å²) >= 11 is 0. The lowest BCUT2D eigenvalue weighted by Crippen LogP contribution is -2.40. The number of amidine groups is 1. The molecule has 3 aliphatic rings. The van der Waals surface area contributed by atoms with Gasteiger partial charge in [0, 0.05) is 23.3 Å². The van der Waals surface area contributed by atoms with Crippen LogP contribution in [0.3, 0.4) is 0 Å². The van der Waals surface area contributed by atoms with Crippen LogP contribution in [0.4, 0.5) is 5.69 Å². The second-order valence-corrected chi connectivity index (χ2v) is 9.43. The first-order valence-electron chi connectivity index (χ1n) is 12.5. The fraction of sp³-hybridized carbons (Fsp3) is 0.194. The van der Waals surface area contributed by atoms with Crippen LogP contribution in [-0.2, 0) is 4.79 Å². The van der Waals surface area contributed by atoms with Crippen LogP contribution in [0.25, 0.3) is 0 Å². The van der Waals surface area contributed by atoms with Crippen molar-refractivity contribution in [2.45, 2.75) is 31.6 Å². The fourth-order valence-electron chi connectivity index (χ4n) is 5.73. The SMILES string of the molecule is CCOc1ccc(C2C(C#N)=C3N=C(N)c4ccccc4N3C3=C2C(=O)CC(c2ccccc2)C3)cc1. The van der Waals surface area contributed by atoms with Gasteiger partial charge in [0.25, 0.3) is 0 Å². The largest absolute Gasteiger partial charge is 0.494 e. The monoisotopic (exact) mass is 486 g/mol. The summed E-state index contributed by atoms with van der Waals surface area (Å²) < 4.78 is 5.63. The minimum atomic E-state index is -0.520. The van der Waals surface area contributed by atoms with Gasteiger partial charge >= 0.3 is 0 Å². The normalized spacial score (nSPS) is 20.5. The number of carbonyl (C=O) groups excluding carboxylic acids is 1. The van der Waals surface area contributed by atoms with Gasteiger partial charge in [-0.05, 0) is 54.7 Å². The van der Waals surface area contributed by atoms with E-state index in [-0.39, 0.29) is 11.7 Å². The van der Waals surface area contributed by atoms with Gasteiger partial charge in [0.2, 0.25) is 0 Å². The van der Waals surface area contributed by atoms with Crippen molar-refractivity contribution in [2.24, 2.45) is 10.7 Å². The van der Waals surface area contributed by atoms with E-state index in [2.05, 4.69) is 18.2 Å². The summed E-state index contributed by atoms with van der Waals surface area (Å²) in [6.45, 7) is 2.50. The van der Waals surface area contributed by atoms with E-state index < -0.39 is 5.92 Å². The third kappa shape index (κ3) is 3.71. The Morgan fingerprint density at radius 3 is 2.46 bits per heavy atom. The van der Waals surface area contributed by atoms with Gasteiger partial charge < -0.3 is 10.5 Å². The lowest BCUT2D eigenvalue weighted by atomic mass is 9.71. The van der Waals surface area contributed by atoms with Gasteiger partial charge in [0.05, 0.1) is 29.9 Å². The number of fused-ring (bicyclic) bond motifs is 4. The number of para-hydroxylation sites is 1. The first kappa shape index (κ1) is 22.8. The van der Waals surface area contributed by atoms with E-state index in [0.29, 0.717) is 42.3 Å². The van der Waals surface area contributed by atoms with Crippen molar-refractivity contribution >= 4 is 17.3 Å². The van der Waals surface area contributed by atoms with E-state index in [1.807, 2.05) is 78.6 Å². The summed E-state index contributed by atoms with van der Waals surface area (Å²) in [5.74, 6) is 1.18. The molecule has 0 bridgehead atoms. The van der Waals surface area contributed by atoms with Crippen molar-refractivity contribution in [2.75, 3.05) is 11.5 Å². The molecule has 0 fully saturated rings. The number of carbonyl (C=O) groups is 1. The maximum atomic E-state index is 14.0. The van der Waals surface area contributed by atoms with Crippen LogP contribution < -0.4 is 15.4 Å². The highest BCUT2D eigenvalue weighted by atomic mass is 16.5. The number of allylic oxidation sites excluding steroid dienone is 3. The van der Waals surface area contributed by atoms with Gasteiger partial charge in [-0.1, -0.05) is 54.6 Å². The lowest BCUT2D eigenvalue weighted by Gasteiger charge is -2.43. The number of ketones is 1. The smallest absolute Gasteiger partial charge is 0.162 e. The Balaban J connectivity index is 1.58. The van der Waals surface area contributed by atoms with Crippen LogP contribution in [0.15, 0.2) is 107 Å². The molecule has 3 aromatic rings. The lowest BCUT2D eigenvalue weighted by molar-refractivity contribution is -0.116. The first-order chi connectivity index (χ1) is 18.1. The standard InChI is InChI=1S/C31H26N4O2/c1-2-37-22-14-12-20(13-15-22)28-24(18-32)31-34-30(33)23-10-6-7-11-25(23)35(31)26-16-21(17-27(36)29(26)28)19-8-4-3-5-9-19/h3-15,21,28H,2,16-17H2,1H3,(H2,33,34). The molecule has 2 heterocycles. The zero-order chi connectivity index (χ0) is 25.5. The predicted molar refractivity (Wildman–Crippen MR) is 143 cm³/mol. The molecule has 0 aromatic heterocycles. The highest BCUT2D eigenvalue weighted by molar-refractivity contribution is 6.08. The van der Waals surface area contributed by atoms with E-state index in [1.165, 1.54) is 0 Å². The van der Waals surface area contributed by atoms with Crippen LogP contribution in [-0.4, -0.2) is 18.2 Å². The third-order valence-electron chi connectivity index (χ3n) is 7.35. The number of anilines is 1. The van der Waals surface area contributed by atoms with Crippen molar-refractivity contribution in [3.05, 3.63) is 118 Å². The van der Waals surface area contributed by atoms with Crippen molar-refractivity contribution < 1.29 is 9.53 Å². The number of rotatable bonds is 4. The van der Waals surface area contributed by atoms with Crippen molar-refractivity contribution in [3.63, 3.8) is 0 Å². The second-order valence-electron chi connectivity index (χ2n) is 9.43. The number of benzene rings is 3. The molecule has 0 spiro atoms. The Labute approximate surface area is 216 Å². The van der Waals surface area contributed by atoms with Crippen LogP contribution in [0.5, 0.6) is 5.75 Å². The average Bonchev–Trinajstić information content (AvgIpc) is 2.93. The van der Waals surface area contributed by atoms with E-state index in [4.69, 9.17) is 15.5 Å². The maximum absolute atomic E-state index is 14.0. The van der Waals surface area contributed by atoms with Crippen LogP contribution in [0.1, 0.15) is 48.3 Å². The molecule has 0 radical (unpaired) electrons. The van der Waals surface area contributed by atoms with Crippen LogP contribution >= 0.6 is 0 Å². The Morgan fingerprint density at radius 1 is 1.00 bits per heavy atom. The number of hydrogen-bond acceptors (Lipinski definition) is 6. The Bertz CT molecular complexity index is 1530. The number of hydrogen-bond donors (Lipinski definition) is 1. The highest BCUT2D eigenvalue weighted by Gasteiger charge is 2.45. The van der Waals surface area contributed by atoms with E-state index >= 15 is 0 Å². The second kappa shape index (κ2) is 9.11. The van der Waals surface area contributed by atoms with Gasteiger partial charge in [-0.2, -0.15) is 5.26 Å². The molecule has 0 amide bonds. The van der Waals surface area contributed by atoms with Crippen LogP contribution in [0, 0.1) is 11.3 Å². The number of ether oxygens (including phenoxy) is 1. The summed E-state index contributed by atoms with van der Waals surface area (Å²) in [6, 6.07) is 28.0. The zero-order valence-electron chi connectivity index (χ0n) is 20.5. The van der Waals surface area contributed by atoms with E-state index in [1.54, 1.807) is 0 Å². The number of nitrogens with zero attached hydrogens (tertiary/aromatic N) is 3. The summed E-state index contributed by atoms with van der Waals surface area (Å²) in [7, 11) is 0. The van der Waals surface area contributed by atoms with Gasteiger partial charge in [-0.3, -0.25) is 9.69 Å². The summed E-state index contributed by atoms with van der Waals surface area (Å²) in [6.07, 6.45) is 1.05. The molecular weight excluding hydrogens is 460 g/mol. The molecule has 6 rings (SSSR count). The quantitative estimate of drug-likeness (QED) is 0.522. The number of Topliss-reactive ketones (excluding diaryl/α,β-unsaturated/α-hetero) is 1. The molecule has 0 saturated heterocycles. The Hall–Kier alpha value is -4.63. The highest BCUT2D eigenvalue weighted by Crippen LogP contribution is 2.51. The fourth-order valence-corrected chi connectivity index (χ4v) is 5.73. The van der Waals surface area contributed by atoms with Gasteiger partial charge in [0.15, 0.2) is 11.6 Å². The first-order valence-corrected chi connectivity index (χ1v) is 12.5. The number of nitrogens with two attached hydrogens (primary N) is 1. The Morgan fingerprint density at radius 2 is 1.73 bits per heavy atom. The van der Waals surface area contributed by atoms with Gasteiger partial charge in [-0.25, -0.2) is 4.99 Å². The molecule has 6 nitrogen and oxygen atoms in total. The minimum absolute atomic E-state index is 0.0359. The molecule has 37 heavy (non-hydrogen) atoms. The molecule has 2 atom stereocenters. The van der Waals surface area contributed by atoms with Crippen molar-refractivity contribution in [1.82, 2.24) is 0 Å². The molecule has 0 saturated carbocycles. The third-order valence-corrected chi connectivity index (χ3v) is 7.35. The summed E-state index contributed by atoms with van der Waals surface area (Å²) in [4.78, 5) is 20.7. The molecule has 2 N–H and O–H groups in total. The summed E-state index contributed by atoms with van der Waals surface area (Å²) in [5.41, 5.74) is 12.0. The summed E-state index contributed by atoms with van der Waals surface area (Å²) in [5, 5.41) is 10.4. The predicted octanol–water partition coefficient (Wildman–Crippen LogP) is 5.54. The number of nitriles is 1. The molecule has 182 valence electrons. The zero-order valence-corrected chi connectivity index (χ0v) is 20.5. The molecule has 6 heteroatoms. The molecular formula is C31H26N4O2. The molecule has 2 aliphatic heterocycles. The van der Waals surface area contributed by atoms with E-state index in [0.717, 1.165) is 33.8 Å².